The number of ketones is 1. The Bertz CT molecular complexity index is 799. The van der Waals surface area contributed by atoms with Crippen molar-refractivity contribution in [3.8, 4) is 0 Å². The van der Waals surface area contributed by atoms with Gasteiger partial charge in [0.15, 0.2) is 6.61 Å². The summed E-state index contributed by atoms with van der Waals surface area (Å²) in [6.07, 6.45) is 0.988. The Morgan fingerprint density at radius 1 is 1.22 bits per heavy atom. The fourth-order valence-corrected chi connectivity index (χ4v) is 3.57. The Morgan fingerprint density at radius 2 is 2.04 bits per heavy atom. The van der Waals surface area contributed by atoms with Crippen LogP contribution in [0.1, 0.15) is 32.0 Å². The maximum absolute atomic E-state index is 12.1. The number of carbonyl (C=O) groups excluding carboxylic acids is 3. The highest BCUT2D eigenvalue weighted by Crippen LogP contribution is 2.24. The van der Waals surface area contributed by atoms with Gasteiger partial charge in [0.25, 0.3) is 0 Å². The van der Waals surface area contributed by atoms with Crippen LogP contribution in [0.25, 0.3) is 0 Å². The number of ether oxygens (including phenoxy) is 1. The van der Waals surface area contributed by atoms with E-state index >= 15 is 0 Å². The predicted octanol–water partition coefficient (Wildman–Crippen LogP) is 3.44. The first-order valence-electron chi connectivity index (χ1n) is 6.91. The number of carbonyl (C=O) groups is 3. The third-order valence-electron chi connectivity index (χ3n) is 3.42. The molecule has 0 radical (unpaired) electrons. The van der Waals surface area contributed by atoms with Gasteiger partial charge in [0.2, 0.25) is 11.7 Å². The highest BCUT2D eigenvalue weighted by molar-refractivity contribution is 9.11. The van der Waals surface area contributed by atoms with E-state index in [9.17, 15) is 14.4 Å². The van der Waals surface area contributed by atoms with Gasteiger partial charge in [-0.05, 0) is 58.2 Å². The topological polar surface area (TPSA) is 72.5 Å². The van der Waals surface area contributed by atoms with Crippen LogP contribution in [0.15, 0.2) is 34.1 Å². The Morgan fingerprint density at radius 3 is 2.78 bits per heavy atom. The summed E-state index contributed by atoms with van der Waals surface area (Å²) in [5.74, 6) is -0.812. The SMILES string of the molecule is O=C1CCc2cc(C(=O)OCC(=O)c3ccc(Br)s3)ccc2N1. The van der Waals surface area contributed by atoms with Crippen molar-refractivity contribution in [3.63, 3.8) is 0 Å². The number of amides is 1. The molecule has 3 rings (SSSR count). The van der Waals surface area contributed by atoms with Crippen molar-refractivity contribution >= 4 is 50.6 Å². The summed E-state index contributed by atoms with van der Waals surface area (Å²) in [6, 6.07) is 8.42. The highest BCUT2D eigenvalue weighted by atomic mass is 79.9. The van der Waals surface area contributed by atoms with Gasteiger partial charge in [-0.2, -0.15) is 0 Å². The van der Waals surface area contributed by atoms with Crippen LogP contribution in [-0.4, -0.2) is 24.3 Å². The van der Waals surface area contributed by atoms with Crippen LogP contribution >= 0.6 is 27.3 Å². The lowest BCUT2D eigenvalue weighted by Crippen LogP contribution is -2.20. The van der Waals surface area contributed by atoms with Crippen LogP contribution in [-0.2, 0) is 16.0 Å². The normalized spacial score (nSPS) is 13.2. The van der Waals surface area contributed by atoms with Gasteiger partial charge in [-0.25, -0.2) is 4.79 Å². The number of rotatable bonds is 4. The second kappa shape index (κ2) is 6.64. The molecule has 1 aliphatic rings. The molecule has 1 N–H and O–H groups in total. The number of esters is 1. The predicted molar refractivity (Wildman–Crippen MR) is 90.0 cm³/mol. The average Bonchev–Trinajstić information content (AvgIpc) is 2.98. The smallest absolute Gasteiger partial charge is 0.338 e. The third-order valence-corrected chi connectivity index (χ3v) is 5.08. The monoisotopic (exact) mass is 393 g/mol. The van der Waals surface area contributed by atoms with Gasteiger partial charge in [0, 0.05) is 12.1 Å². The van der Waals surface area contributed by atoms with Crippen LogP contribution in [0, 0.1) is 0 Å². The molecule has 0 atom stereocenters. The molecule has 0 bridgehead atoms. The minimum Gasteiger partial charge on any atom is -0.454 e. The van der Waals surface area contributed by atoms with Gasteiger partial charge in [0.05, 0.1) is 14.2 Å². The molecule has 0 unspecified atom stereocenters. The minimum absolute atomic E-state index is 0.0273. The summed E-state index contributed by atoms with van der Waals surface area (Å²) in [6.45, 7) is -0.292. The largest absolute Gasteiger partial charge is 0.454 e. The third kappa shape index (κ3) is 3.68. The maximum Gasteiger partial charge on any atom is 0.338 e. The number of anilines is 1. The van der Waals surface area contributed by atoms with E-state index in [1.54, 1.807) is 30.3 Å². The van der Waals surface area contributed by atoms with E-state index in [0.717, 1.165) is 15.0 Å². The molecule has 5 nitrogen and oxygen atoms in total. The first kappa shape index (κ1) is 15.9. The van der Waals surface area contributed by atoms with Gasteiger partial charge in [-0.1, -0.05) is 0 Å². The van der Waals surface area contributed by atoms with Crippen molar-refractivity contribution in [1.29, 1.82) is 0 Å². The summed E-state index contributed by atoms with van der Waals surface area (Å²) in [7, 11) is 0. The van der Waals surface area contributed by atoms with E-state index < -0.39 is 5.97 Å². The van der Waals surface area contributed by atoms with Crippen molar-refractivity contribution in [3.05, 3.63) is 50.1 Å². The molecule has 0 spiro atoms. The second-order valence-corrected chi connectivity index (χ2v) is 7.49. The van der Waals surface area contributed by atoms with Crippen molar-refractivity contribution in [2.24, 2.45) is 0 Å². The van der Waals surface area contributed by atoms with Crippen molar-refractivity contribution in [2.45, 2.75) is 12.8 Å². The summed E-state index contributed by atoms with van der Waals surface area (Å²) >= 11 is 4.58. The molecule has 23 heavy (non-hydrogen) atoms. The number of hydrogen-bond acceptors (Lipinski definition) is 5. The van der Waals surface area contributed by atoms with E-state index in [2.05, 4.69) is 21.2 Å². The Kier molecular flexibility index (Phi) is 4.58. The number of thiophene rings is 1. The fourth-order valence-electron chi connectivity index (χ4n) is 2.26. The number of Topliss-reactive ketones (excluding diaryl/α,β-unsaturated/α-hetero) is 1. The number of benzene rings is 1. The molecule has 0 fully saturated rings. The second-order valence-electron chi connectivity index (χ2n) is 5.02. The maximum atomic E-state index is 12.1. The Hall–Kier alpha value is -1.99. The first-order chi connectivity index (χ1) is 11.0. The molecular formula is C16H12BrNO4S. The van der Waals surface area contributed by atoms with Crippen LogP contribution < -0.4 is 5.32 Å². The number of nitrogens with one attached hydrogen (secondary N) is 1. The van der Waals surface area contributed by atoms with Gasteiger partial charge in [-0.15, -0.1) is 11.3 Å². The number of hydrogen-bond donors (Lipinski definition) is 1. The van der Waals surface area contributed by atoms with Crippen molar-refractivity contribution in [1.82, 2.24) is 0 Å². The summed E-state index contributed by atoms with van der Waals surface area (Å²) in [5.41, 5.74) is 1.99. The lowest BCUT2D eigenvalue weighted by Gasteiger charge is -2.17. The summed E-state index contributed by atoms with van der Waals surface area (Å²) in [4.78, 5) is 35.9. The van der Waals surface area contributed by atoms with E-state index in [-0.39, 0.29) is 18.3 Å². The molecule has 0 saturated heterocycles. The lowest BCUT2D eigenvalue weighted by atomic mass is 10.0. The number of halogens is 1. The molecule has 0 aliphatic carbocycles. The zero-order valence-corrected chi connectivity index (χ0v) is 14.3. The summed E-state index contributed by atoms with van der Waals surface area (Å²) in [5, 5.41) is 2.75. The lowest BCUT2D eigenvalue weighted by molar-refractivity contribution is -0.116. The Labute approximate surface area is 144 Å². The molecule has 2 heterocycles. The molecule has 1 amide bonds. The molecule has 0 saturated carbocycles. The molecule has 1 aliphatic heterocycles. The molecular weight excluding hydrogens is 382 g/mol. The quantitative estimate of drug-likeness (QED) is 0.637. The zero-order chi connectivity index (χ0) is 16.4. The van der Waals surface area contributed by atoms with Gasteiger partial charge in [0.1, 0.15) is 0 Å². The zero-order valence-electron chi connectivity index (χ0n) is 11.9. The van der Waals surface area contributed by atoms with Gasteiger partial charge in [-0.3, -0.25) is 9.59 Å². The van der Waals surface area contributed by atoms with E-state index in [1.807, 2.05) is 0 Å². The van der Waals surface area contributed by atoms with Crippen LogP contribution in [0.2, 0.25) is 0 Å². The van der Waals surface area contributed by atoms with Crippen molar-refractivity contribution < 1.29 is 19.1 Å². The van der Waals surface area contributed by atoms with Gasteiger partial charge >= 0.3 is 5.97 Å². The molecule has 118 valence electrons. The molecule has 1 aromatic heterocycles. The Balaban J connectivity index is 1.64. The van der Waals surface area contributed by atoms with E-state index in [4.69, 9.17) is 4.74 Å². The van der Waals surface area contributed by atoms with Crippen molar-refractivity contribution in [2.75, 3.05) is 11.9 Å². The average molecular weight is 394 g/mol. The highest BCUT2D eigenvalue weighted by Gasteiger charge is 2.18. The van der Waals surface area contributed by atoms with E-state index in [1.165, 1.54) is 11.3 Å². The minimum atomic E-state index is -0.548. The molecule has 2 aromatic rings. The summed E-state index contributed by atoms with van der Waals surface area (Å²) < 4.78 is 5.93. The van der Waals surface area contributed by atoms with Crippen LogP contribution in [0.3, 0.4) is 0 Å². The molecule has 7 heteroatoms. The first-order valence-corrected chi connectivity index (χ1v) is 8.52. The molecule has 1 aromatic carbocycles. The van der Waals surface area contributed by atoms with E-state index in [0.29, 0.717) is 23.3 Å². The standard InChI is InChI=1S/C16H12BrNO4S/c17-14-5-4-13(23-14)12(19)8-22-16(21)10-1-3-11-9(7-10)2-6-15(20)18-11/h1,3-5,7H,2,6,8H2,(H,18,20). The number of aryl methyl sites for hydroxylation is 1. The van der Waals surface area contributed by atoms with Crippen LogP contribution in [0.5, 0.6) is 0 Å². The number of fused-ring (bicyclic) bond motifs is 1. The fraction of sp³-hybridized carbons (Fsp3) is 0.188. The van der Waals surface area contributed by atoms with Gasteiger partial charge < -0.3 is 10.1 Å². The van der Waals surface area contributed by atoms with Crippen LogP contribution in [0.4, 0.5) is 5.69 Å².